The van der Waals surface area contributed by atoms with Gasteiger partial charge in [-0.05, 0) is 31.9 Å². The normalized spacial score (nSPS) is 25.3. The van der Waals surface area contributed by atoms with Gasteiger partial charge < -0.3 is 29.6 Å². The minimum absolute atomic E-state index is 0.142. The second-order valence-electron chi connectivity index (χ2n) is 9.30. The van der Waals surface area contributed by atoms with Crippen LogP contribution in [0.15, 0.2) is 47.3 Å². The summed E-state index contributed by atoms with van der Waals surface area (Å²) in [7, 11) is -3.88. The van der Waals surface area contributed by atoms with Gasteiger partial charge in [-0.25, -0.2) is 19.6 Å². The highest BCUT2D eigenvalue weighted by molar-refractivity contribution is 7.52. The number of hydrogen-bond acceptors (Lipinski definition) is 12. The number of benzene rings is 1. The van der Waals surface area contributed by atoms with Crippen molar-refractivity contribution in [3.05, 3.63) is 48.5 Å². The van der Waals surface area contributed by atoms with E-state index < -0.39 is 31.7 Å². The Kier molecular flexibility index (Phi) is 9.40. The molecule has 5 N–H and O–H groups in total. The average molecular weight is 551 g/mol. The molecule has 1 aliphatic rings. The second kappa shape index (κ2) is 12.1. The first-order valence-electron chi connectivity index (χ1n) is 11.7. The molecule has 14 heteroatoms. The number of nitrogens with two attached hydrogens (primary N) is 1. The minimum Gasteiger partial charge on any atom is -0.458 e. The third-order valence-electron chi connectivity index (χ3n) is 6.22. The van der Waals surface area contributed by atoms with E-state index in [1.807, 2.05) is 26.8 Å². The molecule has 1 aromatic carbocycles. The Morgan fingerprint density at radius 1 is 1.24 bits per heavy atom. The van der Waals surface area contributed by atoms with E-state index in [9.17, 15) is 14.8 Å². The number of hydrogen-bond donors (Lipinski definition) is 4. The van der Waals surface area contributed by atoms with Crippen molar-refractivity contribution in [3.63, 3.8) is 0 Å². The van der Waals surface area contributed by atoms with Gasteiger partial charge >= 0.3 is 13.9 Å². The van der Waals surface area contributed by atoms with Crippen molar-refractivity contribution in [1.29, 1.82) is 0 Å². The lowest BCUT2D eigenvalue weighted by atomic mass is 9.89. The maximum atomic E-state index is 13.6. The molecule has 206 valence electrons. The largest absolute Gasteiger partial charge is 0.459 e. The molecule has 3 heterocycles. The van der Waals surface area contributed by atoms with Crippen molar-refractivity contribution in [2.24, 2.45) is 5.92 Å². The summed E-state index contributed by atoms with van der Waals surface area (Å²) in [4.78, 5) is 24.3. The summed E-state index contributed by atoms with van der Waals surface area (Å²) < 4.78 is 36.6. The molecule has 1 saturated heterocycles. The van der Waals surface area contributed by atoms with E-state index in [-0.39, 0.29) is 36.1 Å². The molecule has 0 radical (unpaired) electrons. The summed E-state index contributed by atoms with van der Waals surface area (Å²) in [5, 5.41) is 24.9. The number of rotatable bonds is 9. The number of nitrogens with one attached hydrogen (secondary N) is 1. The molecule has 0 aliphatic carbocycles. The van der Waals surface area contributed by atoms with Crippen LogP contribution in [0.1, 0.15) is 39.4 Å². The van der Waals surface area contributed by atoms with Crippen molar-refractivity contribution < 1.29 is 42.6 Å². The highest BCUT2D eigenvalue weighted by Gasteiger charge is 2.54. The Morgan fingerprint density at radius 3 is 2.53 bits per heavy atom. The van der Waals surface area contributed by atoms with Crippen LogP contribution in [0.5, 0.6) is 5.75 Å². The highest BCUT2D eigenvalue weighted by atomic mass is 31.2. The number of carbonyl (C=O) groups excluding carboxylic acids is 2. The summed E-state index contributed by atoms with van der Waals surface area (Å²) in [6, 6.07) is 8.45. The zero-order valence-corrected chi connectivity index (χ0v) is 22.2. The number of para-hydroxylation sites is 1. The predicted molar refractivity (Wildman–Crippen MR) is 134 cm³/mol. The van der Waals surface area contributed by atoms with E-state index in [0.29, 0.717) is 16.8 Å². The third kappa shape index (κ3) is 6.46. The maximum absolute atomic E-state index is 13.6. The van der Waals surface area contributed by atoms with Gasteiger partial charge in [0.05, 0.1) is 12.9 Å². The molecule has 0 spiro atoms. The van der Waals surface area contributed by atoms with Crippen molar-refractivity contribution in [2.45, 2.75) is 57.6 Å². The molecule has 0 amide bonds. The first kappa shape index (κ1) is 29.4. The van der Waals surface area contributed by atoms with Crippen molar-refractivity contribution in [3.8, 4) is 5.75 Å². The first-order valence-corrected chi connectivity index (χ1v) is 13.3. The topological polar surface area (TPSA) is 196 Å². The van der Waals surface area contributed by atoms with Crippen LogP contribution < -0.4 is 15.3 Å². The van der Waals surface area contributed by atoms with Crippen LogP contribution in [0.3, 0.4) is 0 Å². The SMILES string of the molecule is CC(C)C(C)NP(=O)(OC[C@H]1O[C@@H](c2coc3c(N)ncnc23)[C@](C)(O)[C@@H]1O)Oc1ccccc1.O=C=O. The number of ether oxygens (including phenoxy) is 1. The molecule has 0 bridgehead atoms. The van der Waals surface area contributed by atoms with Crippen LogP contribution in [-0.2, 0) is 23.4 Å². The van der Waals surface area contributed by atoms with Crippen LogP contribution in [0.2, 0.25) is 0 Å². The van der Waals surface area contributed by atoms with E-state index in [1.165, 1.54) is 19.5 Å². The number of nitrogens with zero attached hydrogens (tertiary/aromatic N) is 2. The predicted octanol–water partition coefficient (Wildman–Crippen LogP) is 2.61. The van der Waals surface area contributed by atoms with E-state index in [0.717, 1.165) is 0 Å². The molecule has 0 saturated carbocycles. The third-order valence-corrected chi connectivity index (χ3v) is 7.89. The lowest BCUT2D eigenvalue weighted by Gasteiger charge is -2.27. The summed E-state index contributed by atoms with van der Waals surface area (Å²) in [5.41, 5.74) is 5.13. The van der Waals surface area contributed by atoms with Gasteiger partial charge in [0.2, 0.25) is 0 Å². The minimum atomic E-state index is -3.88. The summed E-state index contributed by atoms with van der Waals surface area (Å²) in [5.74, 6) is 0.649. The molecular weight excluding hydrogens is 519 g/mol. The zero-order chi connectivity index (χ0) is 28.1. The summed E-state index contributed by atoms with van der Waals surface area (Å²) in [6.45, 7) is 6.94. The fourth-order valence-corrected chi connectivity index (χ4v) is 5.51. The Morgan fingerprint density at radius 2 is 1.89 bits per heavy atom. The van der Waals surface area contributed by atoms with Gasteiger partial charge in [0.15, 0.2) is 11.4 Å². The van der Waals surface area contributed by atoms with Gasteiger partial charge in [0.1, 0.15) is 41.5 Å². The number of anilines is 1. The van der Waals surface area contributed by atoms with Crippen LogP contribution in [0, 0.1) is 5.92 Å². The monoisotopic (exact) mass is 550 g/mol. The van der Waals surface area contributed by atoms with Crippen molar-refractivity contribution in [1.82, 2.24) is 15.1 Å². The summed E-state index contributed by atoms with van der Waals surface area (Å²) in [6.07, 6.45) is -0.526. The highest BCUT2D eigenvalue weighted by Crippen LogP contribution is 2.48. The van der Waals surface area contributed by atoms with Crippen molar-refractivity contribution in [2.75, 3.05) is 12.3 Å². The van der Waals surface area contributed by atoms with Crippen LogP contribution in [0.25, 0.3) is 11.1 Å². The zero-order valence-electron chi connectivity index (χ0n) is 21.3. The fourth-order valence-electron chi connectivity index (χ4n) is 3.79. The molecule has 3 aromatic rings. The lowest BCUT2D eigenvalue weighted by Crippen LogP contribution is -2.43. The summed E-state index contributed by atoms with van der Waals surface area (Å²) >= 11 is 0. The van der Waals surface area contributed by atoms with Crippen LogP contribution in [0.4, 0.5) is 5.82 Å². The maximum Gasteiger partial charge on any atom is 0.459 e. The molecule has 6 atom stereocenters. The van der Waals surface area contributed by atoms with Gasteiger partial charge in [0.25, 0.3) is 0 Å². The lowest BCUT2D eigenvalue weighted by molar-refractivity contribution is -0.191. The van der Waals surface area contributed by atoms with Crippen LogP contribution in [-0.4, -0.2) is 56.8 Å². The number of aliphatic hydroxyl groups is 2. The quantitative estimate of drug-likeness (QED) is 0.284. The number of fused-ring (bicyclic) bond motifs is 1. The number of furan rings is 1. The van der Waals surface area contributed by atoms with E-state index in [2.05, 4.69) is 15.1 Å². The first-order chi connectivity index (χ1) is 17.9. The van der Waals surface area contributed by atoms with Crippen molar-refractivity contribution >= 4 is 30.8 Å². The van der Waals surface area contributed by atoms with Gasteiger partial charge in [-0.3, -0.25) is 4.52 Å². The standard InChI is InChI=1S/C23H31N4O7P.CO2/c1-13(2)14(3)27-35(30,34-15-8-6-5-7-9-15)32-11-17-20(28)23(4,29)21(33-17)16-10-31-19-18(16)25-12-26-22(19)24;2-1-3/h5-10,12-14,17,20-21,28-29H,11H2,1-4H3,(H,27,30)(H2,24,25,26);/t14?,17-,20-,21+,23-,35?;/m1./s1. The number of aliphatic hydroxyl groups excluding tert-OH is 1. The number of nitrogen functional groups attached to an aromatic ring is 1. The molecule has 2 unspecified atom stereocenters. The van der Waals surface area contributed by atoms with E-state index in [4.69, 9.17) is 33.5 Å². The smallest absolute Gasteiger partial charge is 0.458 e. The number of aromatic nitrogens is 2. The Labute approximate surface area is 218 Å². The van der Waals surface area contributed by atoms with Gasteiger partial charge in [-0.1, -0.05) is 32.0 Å². The van der Waals surface area contributed by atoms with Gasteiger partial charge in [0, 0.05) is 11.6 Å². The Hall–Kier alpha value is -3.15. The van der Waals surface area contributed by atoms with E-state index >= 15 is 0 Å². The molecule has 1 aliphatic heterocycles. The molecule has 38 heavy (non-hydrogen) atoms. The Bertz CT molecular complexity index is 1290. The second-order valence-corrected chi connectivity index (χ2v) is 11.0. The van der Waals surface area contributed by atoms with Gasteiger partial charge in [-0.15, -0.1) is 0 Å². The Balaban J connectivity index is 0.00000127. The molecule has 4 rings (SSSR count). The average Bonchev–Trinajstić information content (AvgIpc) is 3.38. The molecule has 13 nitrogen and oxygen atoms in total. The molecular formula is C24H31N4O9P. The molecule has 1 fully saturated rings. The molecule has 2 aromatic heterocycles. The van der Waals surface area contributed by atoms with Crippen LogP contribution >= 0.6 is 7.75 Å². The van der Waals surface area contributed by atoms with E-state index in [1.54, 1.807) is 24.3 Å². The fraction of sp³-hybridized carbons (Fsp3) is 0.458. The van der Waals surface area contributed by atoms with Gasteiger partial charge in [-0.2, -0.15) is 9.59 Å².